The van der Waals surface area contributed by atoms with E-state index in [0.29, 0.717) is 6.26 Å². The van der Waals surface area contributed by atoms with Crippen LogP contribution >= 0.6 is 0 Å². The van der Waals surface area contributed by atoms with Gasteiger partial charge < -0.3 is 5.11 Å². The minimum atomic E-state index is -4.50. The van der Waals surface area contributed by atoms with Gasteiger partial charge in [0.05, 0.1) is 17.4 Å². The van der Waals surface area contributed by atoms with Gasteiger partial charge in [-0.1, -0.05) is 42.5 Å². The predicted octanol–water partition coefficient (Wildman–Crippen LogP) is 4.42. The van der Waals surface area contributed by atoms with Crippen molar-refractivity contribution in [3.05, 3.63) is 77.5 Å². The van der Waals surface area contributed by atoms with Crippen LogP contribution in [0.5, 0.6) is 0 Å². The number of Topliss-reactive ketones (excluding diaryl/α,β-unsaturated/α-hetero) is 1. The number of aliphatic hydroxyl groups is 1. The van der Waals surface area contributed by atoms with Crippen LogP contribution in [0.25, 0.3) is 5.57 Å². The molecule has 0 aromatic heterocycles. The molecule has 2 nitrogen and oxygen atoms in total. The molecule has 0 bridgehead atoms. The number of halogens is 3. The van der Waals surface area contributed by atoms with E-state index in [2.05, 4.69) is 0 Å². The Morgan fingerprint density at radius 3 is 2.32 bits per heavy atom. The predicted molar refractivity (Wildman–Crippen MR) is 77.2 cm³/mol. The van der Waals surface area contributed by atoms with Crippen LogP contribution in [0.2, 0.25) is 0 Å². The summed E-state index contributed by atoms with van der Waals surface area (Å²) in [6.07, 6.45) is -3.94. The molecule has 2 aromatic carbocycles. The third-order valence-corrected chi connectivity index (χ3v) is 3.14. The van der Waals surface area contributed by atoms with Crippen molar-refractivity contribution >= 4 is 11.4 Å². The quantitative estimate of drug-likeness (QED) is 0.671. The van der Waals surface area contributed by atoms with E-state index in [9.17, 15) is 23.1 Å². The number of rotatable bonds is 4. The molecule has 0 radical (unpaired) electrons. The lowest BCUT2D eigenvalue weighted by molar-refractivity contribution is -0.137. The molecular weight excluding hydrogens is 293 g/mol. The summed E-state index contributed by atoms with van der Waals surface area (Å²) >= 11 is 0. The first-order valence-electron chi connectivity index (χ1n) is 6.51. The van der Waals surface area contributed by atoms with E-state index in [1.54, 1.807) is 30.3 Å². The highest BCUT2D eigenvalue weighted by molar-refractivity contribution is 6.21. The Balaban J connectivity index is 2.27. The fraction of sp³-hybridized carbons (Fsp3) is 0.118. The van der Waals surface area contributed by atoms with Crippen LogP contribution < -0.4 is 0 Å². The number of aliphatic hydroxyl groups excluding tert-OH is 1. The summed E-state index contributed by atoms with van der Waals surface area (Å²) in [5, 5.41) is 9.26. The van der Waals surface area contributed by atoms with Gasteiger partial charge in [0.15, 0.2) is 5.78 Å². The van der Waals surface area contributed by atoms with Gasteiger partial charge in [0.25, 0.3) is 0 Å². The molecule has 0 saturated carbocycles. The Labute approximate surface area is 125 Å². The molecule has 0 heterocycles. The molecule has 0 aliphatic carbocycles. The minimum Gasteiger partial charge on any atom is -0.515 e. The van der Waals surface area contributed by atoms with Crippen LogP contribution in [0.3, 0.4) is 0 Å². The van der Waals surface area contributed by atoms with Crippen LogP contribution in [-0.4, -0.2) is 10.9 Å². The molecule has 0 aliphatic heterocycles. The SMILES string of the molecule is O=C(Cc1ccccc1)/C(=C/O)c1cccc(C(F)(F)F)c1. The summed E-state index contributed by atoms with van der Waals surface area (Å²) in [6, 6.07) is 13.1. The number of hydrogen-bond acceptors (Lipinski definition) is 2. The number of hydrogen-bond donors (Lipinski definition) is 1. The maximum atomic E-state index is 12.7. The van der Waals surface area contributed by atoms with E-state index in [4.69, 9.17) is 0 Å². The Morgan fingerprint density at radius 2 is 1.73 bits per heavy atom. The van der Waals surface area contributed by atoms with Crippen molar-refractivity contribution in [2.75, 3.05) is 0 Å². The smallest absolute Gasteiger partial charge is 0.416 e. The van der Waals surface area contributed by atoms with Gasteiger partial charge in [-0.2, -0.15) is 13.2 Å². The van der Waals surface area contributed by atoms with Gasteiger partial charge in [-0.05, 0) is 23.3 Å². The van der Waals surface area contributed by atoms with Crippen LogP contribution in [0, 0.1) is 0 Å². The molecule has 114 valence electrons. The monoisotopic (exact) mass is 306 g/mol. The first-order valence-corrected chi connectivity index (χ1v) is 6.51. The van der Waals surface area contributed by atoms with Gasteiger partial charge >= 0.3 is 6.18 Å². The van der Waals surface area contributed by atoms with E-state index in [1.165, 1.54) is 12.1 Å². The number of carbonyl (C=O) groups is 1. The average Bonchev–Trinajstić information content (AvgIpc) is 2.48. The van der Waals surface area contributed by atoms with Crippen molar-refractivity contribution in [1.29, 1.82) is 0 Å². The van der Waals surface area contributed by atoms with Gasteiger partial charge in [-0.3, -0.25) is 4.79 Å². The van der Waals surface area contributed by atoms with Crippen molar-refractivity contribution in [3.63, 3.8) is 0 Å². The van der Waals surface area contributed by atoms with Gasteiger partial charge in [0.2, 0.25) is 0 Å². The maximum absolute atomic E-state index is 12.7. The van der Waals surface area contributed by atoms with Crippen LogP contribution in [-0.2, 0) is 17.4 Å². The Bertz CT molecular complexity index is 689. The molecule has 2 aromatic rings. The molecule has 22 heavy (non-hydrogen) atoms. The van der Waals surface area contributed by atoms with Gasteiger partial charge in [0, 0.05) is 6.42 Å². The largest absolute Gasteiger partial charge is 0.515 e. The highest BCUT2D eigenvalue weighted by Gasteiger charge is 2.31. The number of alkyl halides is 3. The molecule has 0 saturated heterocycles. The Hall–Kier alpha value is -2.56. The third kappa shape index (κ3) is 3.75. The van der Waals surface area contributed by atoms with Crippen molar-refractivity contribution in [2.45, 2.75) is 12.6 Å². The second-order valence-electron chi connectivity index (χ2n) is 4.71. The van der Waals surface area contributed by atoms with Crippen molar-refractivity contribution in [3.8, 4) is 0 Å². The summed E-state index contributed by atoms with van der Waals surface area (Å²) in [5.41, 5.74) is -0.246. The fourth-order valence-corrected chi connectivity index (χ4v) is 2.05. The standard InChI is InChI=1S/C17H13F3O2/c18-17(19,20)14-8-4-7-13(10-14)15(11-21)16(22)9-12-5-2-1-3-6-12/h1-8,10-11,21H,9H2/b15-11+. The maximum Gasteiger partial charge on any atom is 0.416 e. The van der Waals surface area contributed by atoms with Gasteiger partial charge in [-0.25, -0.2) is 0 Å². The minimum absolute atomic E-state index is 0.00345. The Morgan fingerprint density at radius 1 is 1.05 bits per heavy atom. The lowest BCUT2D eigenvalue weighted by Gasteiger charge is -2.10. The van der Waals surface area contributed by atoms with E-state index >= 15 is 0 Å². The van der Waals surface area contributed by atoms with Crippen LogP contribution in [0.4, 0.5) is 13.2 Å². The van der Waals surface area contributed by atoms with Crippen molar-refractivity contribution in [2.24, 2.45) is 0 Å². The lowest BCUT2D eigenvalue weighted by atomic mass is 9.96. The summed E-state index contributed by atoms with van der Waals surface area (Å²) < 4.78 is 38.1. The summed E-state index contributed by atoms with van der Waals surface area (Å²) in [6.45, 7) is 0. The summed E-state index contributed by atoms with van der Waals surface area (Å²) in [4.78, 5) is 12.2. The van der Waals surface area contributed by atoms with Crippen LogP contribution in [0.1, 0.15) is 16.7 Å². The van der Waals surface area contributed by atoms with E-state index < -0.39 is 17.5 Å². The van der Waals surface area contributed by atoms with Gasteiger partial charge in [-0.15, -0.1) is 0 Å². The van der Waals surface area contributed by atoms with Crippen LogP contribution in [0.15, 0.2) is 60.9 Å². The molecule has 0 amide bonds. The first-order chi connectivity index (χ1) is 10.4. The topological polar surface area (TPSA) is 37.3 Å². The van der Waals surface area contributed by atoms with Crippen molar-refractivity contribution < 1.29 is 23.1 Å². The number of ketones is 1. The second-order valence-corrected chi connectivity index (χ2v) is 4.71. The molecule has 0 unspecified atom stereocenters. The molecular formula is C17H13F3O2. The van der Waals surface area contributed by atoms with E-state index in [1.807, 2.05) is 0 Å². The first kappa shape index (κ1) is 15.8. The number of carbonyl (C=O) groups excluding carboxylic acids is 1. The lowest BCUT2D eigenvalue weighted by Crippen LogP contribution is -2.09. The van der Waals surface area contributed by atoms with E-state index in [-0.39, 0.29) is 17.6 Å². The van der Waals surface area contributed by atoms with E-state index in [0.717, 1.165) is 17.7 Å². The molecule has 0 spiro atoms. The molecule has 5 heteroatoms. The zero-order valence-electron chi connectivity index (χ0n) is 11.5. The van der Waals surface area contributed by atoms with Gasteiger partial charge in [0.1, 0.15) is 0 Å². The summed E-state index contributed by atoms with van der Waals surface area (Å²) in [7, 11) is 0. The van der Waals surface area contributed by atoms with Crippen molar-refractivity contribution in [1.82, 2.24) is 0 Å². The zero-order chi connectivity index (χ0) is 16.2. The molecule has 0 atom stereocenters. The highest BCUT2D eigenvalue weighted by Crippen LogP contribution is 2.31. The average molecular weight is 306 g/mol. The fourth-order valence-electron chi connectivity index (χ4n) is 2.05. The molecule has 0 aliphatic rings. The zero-order valence-corrected chi connectivity index (χ0v) is 11.5. The number of benzene rings is 2. The summed E-state index contributed by atoms with van der Waals surface area (Å²) in [5.74, 6) is -0.451. The third-order valence-electron chi connectivity index (χ3n) is 3.14. The molecule has 0 fully saturated rings. The normalized spacial score (nSPS) is 12.2. The Kier molecular flexibility index (Phi) is 4.65. The highest BCUT2D eigenvalue weighted by atomic mass is 19.4. The molecule has 2 rings (SSSR count). The second kappa shape index (κ2) is 6.47. The number of allylic oxidation sites excluding steroid dienone is 1. The molecule has 1 N–H and O–H groups in total.